The average Bonchev–Trinajstić information content (AvgIpc) is 2.41. The molecule has 0 aliphatic rings. The Morgan fingerprint density at radius 3 is 2.52 bits per heavy atom. The lowest BCUT2D eigenvalue weighted by Gasteiger charge is -2.31. The maximum atomic E-state index is 13.8. The van der Waals surface area contributed by atoms with Crippen LogP contribution in [0.15, 0.2) is 48.5 Å². The van der Waals surface area contributed by atoms with Crippen molar-refractivity contribution in [3.8, 4) is 0 Å². The Kier molecular flexibility index (Phi) is 5.34. The van der Waals surface area contributed by atoms with Crippen LogP contribution in [0.3, 0.4) is 0 Å². The SMILES string of the molecule is CC(N)C(c1cccc(Cl)c1)N(C)Cc1ccccc1F. The summed E-state index contributed by atoms with van der Waals surface area (Å²) in [6, 6.07) is 14.3. The van der Waals surface area contributed by atoms with Gasteiger partial charge < -0.3 is 5.73 Å². The third-order valence-corrected chi connectivity index (χ3v) is 3.78. The van der Waals surface area contributed by atoms with Gasteiger partial charge in [0.15, 0.2) is 0 Å². The lowest BCUT2D eigenvalue weighted by atomic mass is 9.99. The first-order valence-electron chi connectivity index (χ1n) is 6.93. The highest BCUT2D eigenvalue weighted by Crippen LogP contribution is 2.26. The number of likely N-dealkylation sites (N-methyl/N-ethyl adjacent to an activating group) is 1. The van der Waals surface area contributed by atoms with Gasteiger partial charge in [0.1, 0.15) is 5.82 Å². The fraction of sp³-hybridized carbons (Fsp3) is 0.294. The van der Waals surface area contributed by atoms with E-state index in [0.717, 1.165) is 5.56 Å². The molecule has 0 aliphatic heterocycles. The number of halogens is 2. The highest BCUT2D eigenvalue weighted by atomic mass is 35.5. The number of hydrogen-bond donors (Lipinski definition) is 1. The van der Waals surface area contributed by atoms with Crippen LogP contribution in [0.4, 0.5) is 4.39 Å². The molecule has 0 bridgehead atoms. The van der Waals surface area contributed by atoms with Crippen molar-refractivity contribution in [1.29, 1.82) is 0 Å². The molecule has 21 heavy (non-hydrogen) atoms. The molecule has 2 atom stereocenters. The van der Waals surface area contributed by atoms with Crippen molar-refractivity contribution in [1.82, 2.24) is 4.90 Å². The Labute approximate surface area is 130 Å². The summed E-state index contributed by atoms with van der Waals surface area (Å²) in [5, 5.41) is 0.678. The maximum absolute atomic E-state index is 13.8. The van der Waals surface area contributed by atoms with E-state index in [9.17, 15) is 4.39 Å². The van der Waals surface area contributed by atoms with E-state index < -0.39 is 0 Å². The topological polar surface area (TPSA) is 29.3 Å². The van der Waals surface area contributed by atoms with Gasteiger partial charge in [0.2, 0.25) is 0 Å². The van der Waals surface area contributed by atoms with Crippen LogP contribution in [-0.2, 0) is 6.54 Å². The molecular weight excluding hydrogens is 287 g/mol. The highest BCUT2D eigenvalue weighted by Gasteiger charge is 2.22. The van der Waals surface area contributed by atoms with Crippen LogP contribution >= 0.6 is 11.6 Å². The summed E-state index contributed by atoms with van der Waals surface area (Å²) in [6.45, 7) is 2.44. The van der Waals surface area contributed by atoms with Crippen molar-refractivity contribution in [2.24, 2.45) is 5.73 Å². The minimum Gasteiger partial charge on any atom is -0.326 e. The Balaban J connectivity index is 2.24. The number of rotatable bonds is 5. The number of hydrogen-bond acceptors (Lipinski definition) is 2. The quantitative estimate of drug-likeness (QED) is 0.904. The molecule has 0 saturated carbocycles. The van der Waals surface area contributed by atoms with E-state index in [-0.39, 0.29) is 17.9 Å². The Bertz CT molecular complexity index is 601. The van der Waals surface area contributed by atoms with Crippen LogP contribution in [0.2, 0.25) is 5.02 Å². The van der Waals surface area contributed by atoms with Crippen molar-refractivity contribution in [2.75, 3.05) is 7.05 Å². The van der Waals surface area contributed by atoms with Crippen LogP contribution in [0, 0.1) is 5.82 Å². The third-order valence-electron chi connectivity index (χ3n) is 3.54. The first kappa shape index (κ1) is 16.0. The fourth-order valence-corrected chi connectivity index (χ4v) is 2.84. The Morgan fingerprint density at radius 1 is 1.19 bits per heavy atom. The third kappa shape index (κ3) is 4.03. The van der Waals surface area contributed by atoms with Gasteiger partial charge in [-0.25, -0.2) is 4.39 Å². The molecule has 0 aromatic heterocycles. The van der Waals surface area contributed by atoms with E-state index in [1.54, 1.807) is 12.1 Å². The molecule has 0 amide bonds. The van der Waals surface area contributed by atoms with Crippen molar-refractivity contribution in [2.45, 2.75) is 25.6 Å². The van der Waals surface area contributed by atoms with Gasteiger partial charge in [-0.05, 0) is 37.7 Å². The number of nitrogens with zero attached hydrogens (tertiary/aromatic N) is 1. The second-order valence-corrected chi connectivity index (χ2v) is 5.80. The molecule has 112 valence electrons. The fourth-order valence-electron chi connectivity index (χ4n) is 2.64. The maximum Gasteiger partial charge on any atom is 0.127 e. The van der Waals surface area contributed by atoms with E-state index in [1.165, 1.54) is 6.07 Å². The zero-order valence-electron chi connectivity index (χ0n) is 12.3. The molecule has 4 heteroatoms. The van der Waals surface area contributed by atoms with Crippen LogP contribution in [0.25, 0.3) is 0 Å². The van der Waals surface area contributed by atoms with Crippen LogP contribution in [-0.4, -0.2) is 18.0 Å². The molecule has 2 aromatic carbocycles. The molecule has 0 heterocycles. The van der Waals surface area contributed by atoms with Gasteiger partial charge in [0.05, 0.1) is 0 Å². The smallest absolute Gasteiger partial charge is 0.127 e. The van der Waals surface area contributed by atoms with E-state index in [0.29, 0.717) is 17.1 Å². The summed E-state index contributed by atoms with van der Waals surface area (Å²) in [6.07, 6.45) is 0. The molecule has 0 aliphatic carbocycles. The Hall–Kier alpha value is -1.42. The minimum atomic E-state index is -0.195. The van der Waals surface area contributed by atoms with Gasteiger partial charge in [-0.3, -0.25) is 4.90 Å². The predicted octanol–water partition coefficient (Wildman–Crippen LogP) is 4.00. The number of benzene rings is 2. The predicted molar refractivity (Wildman–Crippen MR) is 85.7 cm³/mol. The standard InChI is InChI=1S/C17H20ClFN2/c1-12(20)17(13-7-5-8-15(18)10-13)21(2)11-14-6-3-4-9-16(14)19/h3-10,12,17H,11,20H2,1-2H3. The van der Waals surface area contributed by atoms with Crippen LogP contribution in [0.1, 0.15) is 24.1 Å². The summed E-state index contributed by atoms with van der Waals surface area (Å²) in [5.74, 6) is -0.195. The summed E-state index contributed by atoms with van der Waals surface area (Å²) in [5.41, 5.74) is 7.83. The zero-order chi connectivity index (χ0) is 15.4. The lowest BCUT2D eigenvalue weighted by Crippen LogP contribution is -2.37. The first-order valence-corrected chi connectivity index (χ1v) is 7.31. The average molecular weight is 307 g/mol. The lowest BCUT2D eigenvalue weighted by molar-refractivity contribution is 0.208. The largest absolute Gasteiger partial charge is 0.326 e. The van der Waals surface area contributed by atoms with Crippen molar-refractivity contribution in [3.05, 3.63) is 70.5 Å². The van der Waals surface area contributed by atoms with Crippen molar-refractivity contribution < 1.29 is 4.39 Å². The summed E-state index contributed by atoms with van der Waals surface area (Å²) in [7, 11) is 1.95. The van der Waals surface area contributed by atoms with E-state index >= 15 is 0 Å². The zero-order valence-corrected chi connectivity index (χ0v) is 13.0. The van der Waals surface area contributed by atoms with Gasteiger partial charge in [-0.1, -0.05) is 41.9 Å². The molecule has 2 rings (SSSR count). The molecule has 0 saturated heterocycles. The molecule has 2 unspecified atom stereocenters. The number of nitrogens with two attached hydrogens (primary N) is 1. The first-order chi connectivity index (χ1) is 9.99. The molecule has 2 N–H and O–H groups in total. The van der Waals surface area contributed by atoms with Gasteiger partial charge in [-0.2, -0.15) is 0 Å². The summed E-state index contributed by atoms with van der Waals surface area (Å²) >= 11 is 6.06. The van der Waals surface area contributed by atoms with Gasteiger partial charge in [0, 0.05) is 29.2 Å². The molecule has 0 radical (unpaired) electrons. The van der Waals surface area contributed by atoms with Crippen molar-refractivity contribution in [3.63, 3.8) is 0 Å². The molecule has 2 nitrogen and oxygen atoms in total. The summed E-state index contributed by atoms with van der Waals surface area (Å²) < 4.78 is 13.8. The summed E-state index contributed by atoms with van der Waals surface area (Å²) in [4.78, 5) is 2.05. The second-order valence-electron chi connectivity index (χ2n) is 5.37. The van der Waals surface area contributed by atoms with Crippen molar-refractivity contribution >= 4 is 11.6 Å². The Morgan fingerprint density at radius 2 is 1.90 bits per heavy atom. The van der Waals surface area contributed by atoms with E-state index in [4.69, 9.17) is 17.3 Å². The molecule has 2 aromatic rings. The minimum absolute atomic E-state index is 0.0247. The molecular formula is C17H20ClFN2. The van der Waals surface area contributed by atoms with Gasteiger partial charge in [0.25, 0.3) is 0 Å². The molecule has 0 spiro atoms. The van der Waals surface area contributed by atoms with Crippen LogP contribution < -0.4 is 5.73 Å². The van der Waals surface area contributed by atoms with E-state index in [2.05, 4.69) is 4.90 Å². The second kappa shape index (κ2) is 7.03. The van der Waals surface area contributed by atoms with E-state index in [1.807, 2.05) is 44.3 Å². The van der Waals surface area contributed by atoms with Gasteiger partial charge >= 0.3 is 0 Å². The highest BCUT2D eigenvalue weighted by molar-refractivity contribution is 6.30. The monoisotopic (exact) mass is 306 g/mol. The molecule has 0 fully saturated rings. The van der Waals surface area contributed by atoms with Gasteiger partial charge in [-0.15, -0.1) is 0 Å². The van der Waals surface area contributed by atoms with Crippen LogP contribution in [0.5, 0.6) is 0 Å². The normalized spacial score (nSPS) is 14.2.